The zero-order valence-electron chi connectivity index (χ0n) is 25.4. The van der Waals surface area contributed by atoms with Gasteiger partial charge in [0, 0.05) is 17.0 Å². The van der Waals surface area contributed by atoms with Gasteiger partial charge in [0.05, 0.1) is 10.9 Å². The van der Waals surface area contributed by atoms with Crippen molar-refractivity contribution in [2.45, 2.75) is 75.2 Å². The number of rotatable bonds is 2. The predicted molar refractivity (Wildman–Crippen MR) is 166 cm³/mol. The fraction of sp³-hybridized carbons (Fsp3) is 0.378. The first-order valence-electron chi connectivity index (χ1n) is 14.4. The molecule has 0 unspecified atom stereocenters. The average molecular weight is 517 g/mol. The SMILES string of the molecule is Cc1cc(C)c2c(cc3c4c([n+](C)ccc42)-c2c(c(CC(C)(C)C)c4ccccc4c2C)O3)c1CC(C)(C)C. The second-order valence-electron chi connectivity index (χ2n) is 14.3. The highest BCUT2D eigenvalue weighted by Crippen LogP contribution is 2.53. The summed E-state index contributed by atoms with van der Waals surface area (Å²) in [6, 6.07) is 15.9. The molecule has 0 radical (unpaired) electrons. The van der Waals surface area contributed by atoms with Gasteiger partial charge < -0.3 is 4.74 Å². The van der Waals surface area contributed by atoms with Gasteiger partial charge >= 0.3 is 0 Å². The summed E-state index contributed by atoms with van der Waals surface area (Å²) in [6.45, 7) is 20.8. The molecule has 1 aliphatic heterocycles. The normalized spacial score (nSPS) is 13.3. The lowest BCUT2D eigenvalue weighted by Gasteiger charge is -2.29. The third-order valence-corrected chi connectivity index (χ3v) is 8.41. The molecule has 6 rings (SSSR count). The fourth-order valence-electron chi connectivity index (χ4n) is 6.90. The molecule has 1 aliphatic rings. The van der Waals surface area contributed by atoms with E-state index in [1.54, 1.807) is 0 Å². The zero-order chi connectivity index (χ0) is 28.0. The van der Waals surface area contributed by atoms with Crippen LogP contribution in [0, 0.1) is 31.6 Å². The molecular formula is C37H42NO+. The Kier molecular flexibility index (Phi) is 5.67. The van der Waals surface area contributed by atoms with Crippen LogP contribution in [0.1, 0.15) is 69.4 Å². The minimum atomic E-state index is 0.126. The number of hydrogen-bond acceptors (Lipinski definition) is 1. The van der Waals surface area contributed by atoms with E-state index in [-0.39, 0.29) is 10.8 Å². The maximum Gasteiger partial charge on any atom is 0.228 e. The molecule has 5 aromatic rings. The van der Waals surface area contributed by atoms with Crippen molar-refractivity contribution in [3.8, 4) is 22.8 Å². The molecule has 2 heteroatoms. The highest BCUT2D eigenvalue weighted by Gasteiger charge is 2.35. The summed E-state index contributed by atoms with van der Waals surface area (Å²) in [5.41, 5.74) is 9.58. The molecule has 0 fully saturated rings. The largest absolute Gasteiger partial charge is 0.455 e. The molecule has 4 aromatic carbocycles. The van der Waals surface area contributed by atoms with Crippen molar-refractivity contribution in [1.29, 1.82) is 0 Å². The Morgan fingerprint density at radius 1 is 0.692 bits per heavy atom. The highest BCUT2D eigenvalue weighted by molar-refractivity contribution is 6.18. The molecule has 0 bridgehead atoms. The third kappa shape index (κ3) is 4.11. The number of fused-ring (bicyclic) bond motifs is 5. The van der Waals surface area contributed by atoms with Crippen LogP contribution >= 0.6 is 0 Å². The van der Waals surface area contributed by atoms with Gasteiger partial charge in [-0.15, -0.1) is 0 Å². The highest BCUT2D eigenvalue weighted by atomic mass is 16.5. The summed E-state index contributed by atoms with van der Waals surface area (Å²) < 4.78 is 9.44. The van der Waals surface area contributed by atoms with Crippen LogP contribution in [0.25, 0.3) is 43.6 Å². The minimum absolute atomic E-state index is 0.126. The fourth-order valence-corrected chi connectivity index (χ4v) is 6.90. The molecule has 1 aromatic heterocycles. The smallest absolute Gasteiger partial charge is 0.228 e. The molecule has 2 nitrogen and oxygen atoms in total. The van der Waals surface area contributed by atoms with Gasteiger partial charge in [0.15, 0.2) is 6.20 Å². The van der Waals surface area contributed by atoms with Crippen LogP contribution < -0.4 is 9.30 Å². The first-order chi connectivity index (χ1) is 18.2. The van der Waals surface area contributed by atoms with Crippen LogP contribution in [0.5, 0.6) is 11.5 Å². The molecule has 2 heterocycles. The monoisotopic (exact) mass is 516 g/mol. The Bertz CT molecular complexity index is 1830. The van der Waals surface area contributed by atoms with E-state index in [0.29, 0.717) is 0 Å². The maximum atomic E-state index is 7.13. The molecule has 0 atom stereocenters. The van der Waals surface area contributed by atoms with Gasteiger partial charge in [-0.2, -0.15) is 0 Å². The summed E-state index contributed by atoms with van der Waals surface area (Å²) in [4.78, 5) is 0. The molecule has 0 saturated heterocycles. The van der Waals surface area contributed by atoms with Crippen molar-refractivity contribution in [3.05, 3.63) is 76.5 Å². The van der Waals surface area contributed by atoms with Crippen molar-refractivity contribution in [2.75, 3.05) is 0 Å². The zero-order valence-corrected chi connectivity index (χ0v) is 25.4. The van der Waals surface area contributed by atoms with Crippen LogP contribution in [-0.4, -0.2) is 0 Å². The van der Waals surface area contributed by atoms with Crippen LogP contribution in [0.3, 0.4) is 0 Å². The van der Waals surface area contributed by atoms with E-state index in [1.165, 1.54) is 71.4 Å². The Morgan fingerprint density at radius 2 is 1.33 bits per heavy atom. The lowest BCUT2D eigenvalue weighted by molar-refractivity contribution is -0.659. The Morgan fingerprint density at radius 3 is 2.00 bits per heavy atom. The second kappa shape index (κ2) is 8.55. The molecular weight excluding hydrogens is 474 g/mol. The summed E-state index contributed by atoms with van der Waals surface area (Å²) in [5, 5.41) is 7.85. The molecule has 0 aliphatic carbocycles. The Labute approximate surface area is 233 Å². The van der Waals surface area contributed by atoms with Crippen molar-refractivity contribution in [2.24, 2.45) is 17.9 Å². The van der Waals surface area contributed by atoms with E-state index in [9.17, 15) is 0 Å². The van der Waals surface area contributed by atoms with Gasteiger partial charge in [0.25, 0.3) is 0 Å². The van der Waals surface area contributed by atoms with Gasteiger partial charge in [-0.3, -0.25) is 0 Å². The van der Waals surface area contributed by atoms with E-state index >= 15 is 0 Å². The van der Waals surface area contributed by atoms with Gasteiger partial charge in [-0.25, -0.2) is 4.57 Å². The molecule has 0 N–H and O–H groups in total. The average Bonchev–Trinajstić information content (AvgIpc) is 2.84. The van der Waals surface area contributed by atoms with Crippen molar-refractivity contribution < 1.29 is 9.30 Å². The van der Waals surface area contributed by atoms with Crippen LogP contribution in [0.4, 0.5) is 0 Å². The molecule has 0 saturated carbocycles. The van der Waals surface area contributed by atoms with Gasteiger partial charge in [-0.05, 0) is 94.3 Å². The standard InChI is InChI=1S/C37H42NO/c1-21-17-22(2)31-26-15-16-38(10)34-32-23(3)24-13-11-12-14-25(24)29(20-37(7,8)9)35(32)39-30(33(26)34)18-27(31)28(21)19-36(4,5)6/h11-18H,19-20H2,1-10H3/q+1. The molecule has 0 amide bonds. The van der Waals surface area contributed by atoms with Crippen LogP contribution in [0.15, 0.2) is 48.7 Å². The lowest BCUT2D eigenvalue weighted by atomic mass is 9.80. The number of benzene rings is 4. The Hall–Kier alpha value is -3.39. The first-order valence-corrected chi connectivity index (χ1v) is 14.4. The second-order valence-corrected chi connectivity index (χ2v) is 14.3. The molecule has 39 heavy (non-hydrogen) atoms. The number of aryl methyl sites for hydroxylation is 4. The number of ether oxygens (including phenoxy) is 1. The minimum Gasteiger partial charge on any atom is -0.455 e. The van der Waals surface area contributed by atoms with E-state index in [0.717, 1.165) is 24.3 Å². The summed E-state index contributed by atoms with van der Waals surface area (Å²) in [6.07, 6.45) is 4.23. The topological polar surface area (TPSA) is 13.1 Å². The van der Waals surface area contributed by atoms with Gasteiger partial charge in [0.2, 0.25) is 5.69 Å². The predicted octanol–water partition coefficient (Wildman–Crippen LogP) is 9.85. The van der Waals surface area contributed by atoms with Crippen molar-refractivity contribution in [3.63, 3.8) is 0 Å². The summed E-state index contributed by atoms with van der Waals surface area (Å²) >= 11 is 0. The van der Waals surface area contributed by atoms with E-state index in [1.807, 2.05) is 0 Å². The number of nitrogens with zero attached hydrogens (tertiary/aromatic N) is 1. The molecule has 200 valence electrons. The third-order valence-electron chi connectivity index (χ3n) is 8.41. The van der Waals surface area contributed by atoms with E-state index < -0.39 is 0 Å². The van der Waals surface area contributed by atoms with Crippen molar-refractivity contribution >= 4 is 32.3 Å². The lowest BCUT2D eigenvalue weighted by Crippen LogP contribution is -2.32. The molecule has 0 spiro atoms. The first kappa shape index (κ1) is 25.9. The quantitative estimate of drug-likeness (QED) is 0.165. The number of hydrogen-bond donors (Lipinski definition) is 0. The van der Waals surface area contributed by atoms with Gasteiger partial charge in [-0.1, -0.05) is 71.9 Å². The van der Waals surface area contributed by atoms with E-state index in [2.05, 4.69) is 123 Å². The van der Waals surface area contributed by atoms with Crippen LogP contribution in [-0.2, 0) is 19.9 Å². The van der Waals surface area contributed by atoms with Gasteiger partial charge in [0.1, 0.15) is 18.5 Å². The number of aromatic nitrogens is 1. The van der Waals surface area contributed by atoms with Crippen LogP contribution in [0.2, 0.25) is 0 Å². The summed E-state index contributed by atoms with van der Waals surface area (Å²) in [5.74, 6) is 2.03. The summed E-state index contributed by atoms with van der Waals surface area (Å²) in [7, 11) is 2.18. The number of pyridine rings is 1. The Balaban J connectivity index is 1.80. The maximum absolute atomic E-state index is 7.13. The van der Waals surface area contributed by atoms with E-state index in [4.69, 9.17) is 4.74 Å². The van der Waals surface area contributed by atoms with Crippen molar-refractivity contribution in [1.82, 2.24) is 0 Å².